The van der Waals surface area contributed by atoms with Crippen LogP contribution in [-0.4, -0.2) is 44.2 Å². The largest absolute Gasteiger partial charge is 0.341 e. The van der Waals surface area contributed by atoms with Crippen LogP contribution in [0, 0.1) is 0 Å². The van der Waals surface area contributed by atoms with E-state index in [9.17, 15) is 4.79 Å². The minimum Gasteiger partial charge on any atom is -0.341 e. The highest BCUT2D eigenvalue weighted by atomic mass is 16.2. The first kappa shape index (κ1) is 13.2. The van der Waals surface area contributed by atoms with Gasteiger partial charge in [-0.1, -0.05) is 0 Å². The van der Waals surface area contributed by atoms with Gasteiger partial charge >= 0.3 is 6.03 Å². The van der Waals surface area contributed by atoms with Crippen molar-refractivity contribution in [3.63, 3.8) is 0 Å². The van der Waals surface area contributed by atoms with Crippen LogP contribution in [-0.2, 0) is 0 Å². The second-order valence-corrected chi connectivity index (χ2v) is 3.79. The lowest BCUT2D eigenvalue weighted by Crippen LogP contribution is -2.34. The van der Waals surface area contributed by atoms with Crippen LogP contribution in [0.5, 0.6) is 0 Å². The van der Waals surface area contributed by atoms with E-state index < -0.39 is 0 Å². The fraction of sp³-hybridized carbons (Fsp3) is 0.900. The predicted octanol–water partition coefficient (Wildman–Crippen LogP) is 1.04. The summed E-state index contributed by atoms with van der Waals surface area (Å²) in [5.74, 6) is 0. The highest BCUT2D eigenvalue weighted by Crippen LogP contribution is 1.96. The minimum atomic E-state index is -0.0952. The van der Waals surface area contributed by atoms with Crippen molar-refractivity contribution in [3.8, 4) is 0 Å². The summed E-state index contributed by atoms with van der Waals surface area (Å²) in [7, 11) is 3.75. The molecular formula is C10H23N3O. The third kappa shape index (κ3) is 6.71. The van der Waals surface area contributed by atoms with Crippen LogP contribution in [0.3, 0.4) is 0 Å². The minimum absolute atomic E-state index is 0.0952. The summed E-state index contributed by atoms with van der Waals surface area (Å²) in [6.45, 7) is 6.21. The monoisotopic (exact) mass is 201 g/mol. The number of rotatable bonds is 6. The van der Waals surface area contributed by atoms with Gasteiger partial charge in [0, 0.05) is 19.6 Å². The topological polar surface area (TPSA) is 44.4 Å². The molecule has 0 aromatic heterocycles. The average molecular weight is 201 g/mol. The first-order valence-corrected chi connectivity index (χ1v) is 5.23. The zero-order valence-corrected chi connectivity index (χ0v) is 9.76. The maximum Gasteiger partial charge on any atom is 0.314 e. The zero-order chi connectivity index (χ0) is 11.0. The highest BCUT2D eigenvalue weighted by molar-refractivity contribution is 5.73. The molecule has 2 amide bonds. The molecule has 0 saturated carbocycles. The molecule has 0 aliphatic carbocycles. The second-order valence-electron chi connectivity index (χ2n) is 3.79. The third-order valence-electron chi connectivity index (χ3n) is 2.33. The van der Waals surface area contributed by atoms with Crippen molar-refractivity contribution in [3.05, 3.63) is 0 Å². The van der Waals surface area contributed by atoms with E-state index in [1.807, 2.05) is 0 Å². The molecule has 0 unspecified atom stereocenters. The van der Waals surface area contributed by atoms with E-state index in [1.165, 1.54) is 0 Å². The van der Waals surface area contributed by atoms with Gasteiger partial charge in [-0.2, -0.15) is 0 Å². The molecule has 0 heterocycles. The molecule has 0 aromatic carbocycles. The van der Waals surface area contributed by atoms with Gasteiger partial charge in [-0.25, -0.2) is 4.79 Å². The van der Waals surface area contributed by atoms with Crippen LogP contribution in [0.25, 0.3) is 0 Å². The molecule has 0 saturated heterocycles. The third-order valence-corrected chi connectivity index (χ3v) is 2.33. The molecule has 0 spiro atoms. The molecule has 0 fully saturated rings. The molecule has 0 atom stereocenters. The van der Waals surface area contributed by atoms with E-state index in [0.29, 0.717) is 6.04 Å². The number of amides is 2. The van der Waals surface area contributed by atoms with Gasteiger partial charge in [-0.05, 0) is 40.3 Å². The quantitative estimate of drug-likeness (QED) is 0.631. The van der Waals surface area contributed by atoms with E-state index in [0.717, 1.165) is 25.9 Å². The fourth-order valence-electron chi connectivity index (χ4n) is 1.03. The Morgan fingerprint density at radius 1 is 1.36 bits per heavy atom. The van der Waals surface area contributed by atoms with Gasteiger partial charge in [-0.3, -0.25) is 0 Å². The molecule has 14 heavy (non-hydrogen) atoms. The Hall–Kier alpha value is -0.770. The van der Waals surface area contributed by atoms with Crippen LogP contribution in [0.4, 0.5) is 4.79 Å². The lowest BCUT2D eigenvalue weighted by molar-refractivity contribution is 0.241. The summed E-state index contributed by atoms with van der Waals surface area (Å²) >= 11 is 0. The highest BCUT2D eigenvalue weighted by Gasteiger charge is 2.01. The molecular weight excluding hydrogens is 178 g/mol. The van der Waals surface area contributed by atoms with E-state index in [1.54, 1.807) is 7.05 Å². The number of carbonyl (C=O) groups excluding carboxylic acids is 1. The Labute approximate surface area is 87.0 Å². The molecule has 4 nitrogen and oxygen atoms in total. The Bertz CT molecular complexity index is 159. The predicted molar refractivity (Wildman–Crippen MR) is 59.5 cm³/mol. The number of nitrogens with one attached hydrogen (secondary N) is 2. The summed E-state index contributed by atoms with van der Waals surface area (Å²) in [5.41, 5.74) is 0. The molecule has 2 N–H and O–H groups in total. The maximum absolute atomic E-state index is 10.8. The van der Waals surface area contributed by atoms with Crippen molar-refractivity contribution in [1.29, 1.82) is 0 Å². The Balaban J connectivity index is 3.25. The lowest BCUT2D eigenvalue weighted by Gasteiger charge is -2.20. The SMILES string of the molecule is CNC(=O)NCCCCN(C)C(C)C. The number of hydrogen-bond acceptors (Lipinski definition) is 2. The van der Waals surface area contributed by atoms with Crippen molar-refractivity contribution in [2.24, 2.45) is 0 Å². The first-order valence-electron chi connectivity index (χ1n) is 5.23. The van der Waals surface area contributed by atoms with E-state index in [4.69, 9.17) is 0 Å². The number of carbonyl (C=O) groups is 1. The maximum atomic E-state index is 10.8. The fourth-order valence-corrected chi connectivity index (χ4v) is 1.03. The van der Waals surface area contributed by atoms with Crippen molar-refractivity contribution in [1.82, 2.24) is 15.5 Å². The normalized spacial score (nSPS) is 10.7. The number of hydrogen-bond donors (Lipinski definition) is 2. The van der Waals surface area contributed by atoms with Gasteiger partial charge < -0.3 is 15.5 Å². The van der Waals surface area contributed by atoms with Crippen LogP contribution in [0.1, 0.15) is 26.7 Å². The van der Waals surface area contributed by atoms with Crippen molar-refractivity contribution >= 4 is 6.03 Å². The summed E-state index contributed by atoms with van der Waals surface area (Å²) < 4.78 is 0. The average Bonchev–Trinajstić information content (AvgIpc) is 2.16. The van der Waals surface area contributed by atoms with Gasteiger partial charge in [-0.15, -0.1) is 0 Å². The first-order chi connectivity index (χ1) is 6.57. The Kier molecular flexibility index (Phi) is 7.20. The lowest BCUT2D eigenvalue weighted by atomic mass is 10.2. The van der Waals surface area contributed by atoms with Gasteiger partial charge in [0.25, 0.3) is 0 Å². The number of urea groups is 1. The molecule has 0 bridgehead atoms. The van der Waals surface area contributed by atoms with Crippen LogP contribution < -0.4 is 10.6 Å². The van der Waals surface area contributed by atoms with Crippen LogP contribution in [0.15, 0.2) is 0 Å². The summed E-state index contributed by atoms with van der Waals surface area (Å²) in [6.07, 6.45) is 2.16. The van der Waals surface area contributed by atoms with Crippen molar-refractivity contribution < 1.29 is 4.79 Å². The molecule has 84 valence electrons. The Morgan fingerprint density at radius 3 is 2.50 bits per heavy atom. The van der Waals surface area contributed by atoms with Gasteiger partial charge in [0.15, 0.2) is 0 Å². The van der Waals surface area contributed by atoms with E-state index in [2.05, 4.69) is 36.4 Å². The molecule has 0 radical (unpaired) electrons. The molecule has 4 heteroatoms. The van der Waals surface area contributed by atoms with E-state index in [-0.39, 0.29) is 6.03 Å². The van der Waals surface area contributed by atoms with E-state index >= 15 is 0 Å². The van der Waals surface area contributed by atoms with Crippen molar-refractivity contribution in [2.45, 2.75) is 32.7 Å². The second kappa shape index (κ2) is 7.62. The number of nitrogens with zero attached hydrogens (tertiary/aromatic N) is 1. The zero-order valence-electron chi connectivity index (χ0n) is 9.76. The van der Waals surface area contributed by atoms with Crippen LogP contribution in [0.2, 0.25) is 0 Å². The Morgan fingerprint density at radius 2 is 2.00 bits per heavy atom. The van der Waals surface area contributed by atoms with Crippen molar-refractivity contribution in [2.75, 3.05) is 27.2 Å². The molecule has 0 aliphatic rings. The molecule has 0 aliphatic heterocycles. The summed E-state index contributed by atoms with van der Waals surface area (Å²) in [6, 6.07) is 0.504. The van der Waals surface area contributed by atoms with Gasteiger partial charge in [0.05, 0.1) is 0 Å². The molecule has 0 aromatic rings. The number of unbranched alkanes of at least 4 members (excludes halogenated alkanes) is 1. The summed E-state index contributed by atoms with van der Waals surface area (Å²) in [5, 5.41) is 5.29. The summed E-state index contributed by atoms with van der Waals surface area (Å²) in [4.78, 5) is 13.1. The smallest absolute Gasteiger partial charge is 0.314 e. The standard InChI is InChI=1S/C10H23N3O/c1-9(2)13(4)8-6-5-7-12-10(14)11-3/h9H,5-8H2,1-4H3,(H2,11,12,14). The van der Waals surface area contributed by atoms with Gasteiger partial charge in [0.2, 0.25) is 0 Å². The van der Waals surface area contributed by atoms with Gasteiger partial charge in [0.1, 0.15) is 0 Å². The van der Waals surface area contributed by atoms with Crippen LogP contribution >= 0.6 is 0 Å². The molecule has 0 rings (SSSR count).